The molecule has 0 aromatic carbocycles. The normalized spacial score (nSPS) is 18.0. The quantitative estimate of drug-likeness (QED) is 0.772. The van der Waals surface area contributed by atoms with Gasteiger partial charge in [-0.1, -0.05) is 19.3 Å². The second-order valence-electron chi connectivity index (χ2n) is 3.71. The molecule has 0 spiro atoms. The van der Waals surface area contributed by atoms with Crippen molar-refractivity contribution in [2.45, 2.75) is 38.1 Å². The highest BCUT2D eigenvalue weighted by molar-refractivity contribution is 9.10. The Hall–Kier alpha value is -0.820. The van der Waals surface area contributed by atoms with Gasteiger partial charge in [0.05, 0.1) is 10.5 Å². The third-order valence-corrected chi connectivity index (χ3v) is 3.32. The van der Waals surface area contributed by atoms with E-state index in [4.69, 9.17) is 5.26 Å². The summed E-state index contributed by atoms with van der Waals surface area (Å²) in [4.78, 5) is 0. The first kappa shape index (κ1) is 9.72. The Morgan fingerprint density at radius 2 is 2.14 bits per heavy atom. The first-order valence-electron chi connectivity index (χ1n) is 4.96. The maximum atomic E-state index is 8.77. The van der Waals surface area contributed by atoms with Gasteiger partial charge in [0.15, 0.2) is 5.69 Å². The first-order chi connectivity index (χ1) is 6.81. The Bertz CT molecular complexity index is 358. The smallest absolute Gasteiger partial charge is 0.176 e. The Labute approximate surface area is 91.8 Å². The summed E-state index contributed by atoms with van der Waals surface area (Å²) in [7, 11) is 0. The summed E-state index contributed by atoms with van der Waals surface area (Å²) in [6.07, 6.45) is 8.21. The zero-order valence-electron chi connectivity index (χ0n) is 7.91. The van der Waals surface area contributed by atoms with E-state index in [0.29, 0.717) is 11.7 Å². The molecule has 1 fully saturated rings. The largest absolute Gasteiger partial charge is 0.267 e. The van der Waals surface area contributed by atoms with Crippen LogP contribution in [0, 0.1) is 11.3 Å². The Morgan fingerprint density at radius 3 is 2.71 bits per heavy atom. The predicted molar refractivity (Wildman–Crippen MR) is 56.8 cm³/mol. The van der Waals surface area contributed by atoms with Gasteiger partial charge in [-0.2, -0.15) is 10.4 Å². The third kappa shape index (κ3) is 1.83. The van der Waals surface area contributed by atoms with Gasteiger partial charge in [0.1, 0.15) is 6.07 Å². The van der Waals surface area contributed by atoms with E-state index >= 15 is 0 Å². The molecule has 74 valence electrons. The molecule has 14 heavy (non-hydrogen) atoms. The van der Waals surface area contributed by atoms with Crippen molar-refractivity contribution in [2.75, 3.05) is 0 Å². The van der Waals surface area contributed by atoms with Crippen LogP contribution in [0.15, 0.2) is 10.7 Å². The molecule has 1 saturated carbocycles. The van der Waals surface area contributed by atoms with Gasteiger partial charge in [0.2, 0.25) is 0 Å². The zero-order chi connectivity index (χ0) is 9.97. The van der Waals surface area contributed by atoms with Crippen LogP contribution in [-0.2, 0) is 0 Å². The number of halogens is 1. The molecule has 3 nitrogen and oxygen atoms in total. The summed E-state index contributed by atoms with van der Waals surface area (Å²) in [6.45, 7) is 0. The molecule has 1 aliphatic carbocycles. The van der Waals surface area contributed by atoms with Crippen LogP contribution >= 0.6 is 15.9 Å². The van der Waals surface area contributed by atoms with Crippen molar-refractivity contribution < 1.29 is 0 Å². The van der Waals surface area contributed by atoms with Crippen LogP contribution in [0.2, 0.25) is 0 Å². The number of hydrogen-bond acceptors (Lipinski definition) is 2. The van der Waals surface area contributed by atoms with Gasteiger partial charge in [-0.15, -0.1) is 0 Å². The molecule has 0 radical (unpaired) electrons. The van der Waals surface area contributed by atoms with Crippen molar-refractivity contribution in [3.8, 4) is 6.07 Å². The molecule has 4 heteroatoms. The predicted octanol–water partition coefficient (Wildman–Crippen LogP) is 3.02. The average molecular weight is 254 g/mol. The van der Waals surface area contributed by atoms with Gasteiger partial charge < -0.3 is 0 Å². The van der Waals surface area contributed by atoms with Crippen molar-refractivity contribution in [3.63, 3.8) is 0 Å². The molecule has 1 aliphatic rings. The van der Waals surface area contributed by atoms with E-state index in [1.54, 1.807) is 0 Å². The summed E-state index contributed by atoms with van der Waals surface area (Å²) < 4.78 is 2.76. The van der Waals surface area contributed by atoms with E-state index in [-0.39, 0.29) is 0 Å². The van der Waals surface area contributed by atoms with Gasteiger partial charge in [0, 0.05) is 6.20 Å². The van der Waals surface area contributed by atoms with Crippen molar-refractivity contribution >= 4 is 15.9 Å². The maximum Gasteiger partial charge on any atom is 0.176 e. The molecule has 0 unspecified atom stereocenters. The van der Waals surface area contributed by atoms with Crippen LogP contribution in [0.3, 0.4) is 0 Å². The topological polar surface area (TPSA) is 41.6 Å². The molecule has 1 aromatic rings. The van der Waals surface area contributed by atoms with Crippen LogP contribution in [0.5, 0.6) is 0 Å². The summed E-state index contributed by atoms with van der Waals surface area (Å²) in [6, 6.07) is 2.58. The highest BCUT2D eigenvalue weighted by atomic mass is 79.9. The summed E-state index contributed by atoms with van der Waals surface area (Å²) in [5, 5.41) is 13.0. The summed E-state index contributed by atoms with van der Waals surface area (Å²) in [5.41, 5.74) is 0.496. The molecule has 1 aromatic heterocycles. The minimum absolute atomic E-state index is 0.496. The lowest BCUT2D eigenvalue weighted by molar-refractivity contribution is 0.329. The second kappa shape index (κ2) is 4.14. The molecule has 0 N–H and O–H groups in total. The van der Waals surface area contributed by atoms with Gasteiger partial charge in [-0.25, -0.2) is 0 Å². The minimum Gasteiger partial charge on any atom is -0.267 e. The second-order valence-corrected chi connectivity index (χ2v) is 4.56. The summed E-state index contributed by atoms with van der Waals surface area (Å²) >= 11 is 3.34. The Kier molecular flexibility index (Phi) is 2.87. The van der Waals surface area contributed by atoms with E-state index in [9.17, 15) is 0 Å². The fraction of sp³-hybridized carbons (Fsp3) is 0.600. The number of nitriles is 1. The lowest BCUT2D eigenvalue weighted by atomic mass is 9.96. The number of aromatic nitrogens is 2. The Morgan fingerprint density at radius 1 is 1.43 bits per heavy atom. The zero-order valence-corrected chi connectivity index (χ0v) is 9.50. The maximum absolute atomic E-state index is 8.77. The molecule has 0 saturated heterocycles. The van der Waals surface area contributed by atoms with Crippen LogP contribution in [0.4, 0.5) is 0 Å². The van der Waals surface area contributed by atoms with Crippen LogP contribution in [-0.4, -0.2) is 9.78 Å². The van der Waals surface area contributed by atoms with E-state index < -0.39 is 0 Å². The third-order valence-electron chi connectivity index (χ3n) is 2.74. The molecule has 0 aliphatic heterocycles. The molecular weight excluding hydrogens is 242 g/mol. The van der Waals surface area contributed by atoms with Crippen LogP contribution < -0.4 is 0 Å². The van der Waals surface area contributed by atoms with E-state index in [1.807, 2.05) is 10.9 Å². The van der Waals surface area contributed by atoms with Crippen molar-refractivity contribution in [1.29, 1.82) is 5.26 Å². The van der Waals surface area contributed by atoms with Crippen LogP contribution in [0.25, 0.3) is 0 Å². The highest BCUT2D eigenvalue weighted by Crippen LogP contribution is 2.29. The SMILES string of the molecule is N#Cc1nn(C2CCCCC2)cc1Br. The molecule has 0 atom stereocenters. The van der Waals surface area contributed by atoms with E-state index in [2.05, 4.69) is 27.1 Å². The van der Waals surface area contributed by atoms with E-state index in [0.717, 1.165) is 4.47 Å². The average Bonchev–Trinajstić information content (AvgIpc) is 2.61. The fourth-order valence-electron chi connectivity index (χ4n) is 1.98. The lowest BCUT2D eigenvalue weighted by Crippen LogP contribution is -2.13. The molecular formula is C10H12BrN3. The monoisotopic (exact) mass is 253 g/mol. The number of nitrogens with zero attached hydrogens (tertiary/aromatic N) is 3. The first-order valence-corrected chi connectivity index (χ1v) is 5.75. The van der Waals surface area contributed by atoms with Gasteiger partial charge in [-0.05, 0) is 28.8 Å². The molecule has 2 rings (SSSR count). The van der Waals surface area contributed by atoms with Crippen molar-refractivity contribution in [3.05, 3.63) is 16.4 Å². The molecule has 0 bridgehead atoms. The Balaban J connectivity index is 2.19. The number of hydrogen-bond donors (Lipinski definition) is 0. The van der Waals surface area contributed by atoms with Crippen molar-refractivity contribution in [1.82, 2.24) is 9.78 Å². The minimum atomic E-state index is 0.496. The van der Waals surface area contributed by atoms with Gasteiger partial charge in [-0.3, -0.25) is 4.68 Å². The standard InChI is InChI=1S/C10H12BrN3/c11-9-7-14(13-10(9)6-12)8-4-2-1-3-5-8/h7-8H,1-5H2. The van der Waals surface area contributed by atoms with Gasteiger partial charge >= 0.3 is 0 Å². The van der Waals surface area contributed by atoms with Crippen molar-refractivity contribution in [2.24, 2.45) is 0 Å². The van der Waals surface area contributed by atoms with E-state index in [1.165, 1.54) is 32.1 Å². The lowest BCUT2D eigenvalue weighted by Gasteiger charge is -2.21. The summed E-state index contributed by atoms with van der Waals surface area (Å²) in [5.74, 6) is 0. The fourth-order valence-corrected chi connectivity index (χ4v) is 2.36. The highest BCUT2D eigenvalue weighted by Gasteiger charge is 2.17. The van der Waals surface area contributed by atoms with Crippen LogP contribution in [0.1, 0.15) is 43.8 Å². The molecule has 1 heterocycles. The molecule has 0 amide bonds. The number of rotatable bonds is 1. The van der Waals surface area contributed by atoms with Gasteiger partial charge in [0.25, 0.3) is 0 Å².